The van der Waals surface area contributed by atoms with Crippen molar-refractivity contribution in [3.05, 3.63) is 18.0 Å². The number of likely N-dealkylation sites (N-methyl/N-ethyl adjacent to an activating group) is 1. The van der Waals surface area contributed by atoms with Gasteiger partial charge >= 0.3 is 0 Å². The number of aliphatic hydroxyl groups is 2. The van der Waals surface area contributed by atoms with Gasteiger partial charge in [-0.3, -0.25) is 0 Å². The summed E-state index contributed by atoms with van der Waals surface area (Å²) in [6, 6.07) is 0. The lowest BCUT2D eigenvalue weighted by atomic mass is 10.3. The molecule has 1 aromatic rings. The zero-order valence-corrected chi connectivity index (χ0v) is 8.38. The lowest BCUT2D eigenvalue weighted by Crippen LogP contribution is -2.28. The van der Waals surface area contributed by atoms with E-state index in [1.807, 2.05) is 0 Å². The molecule has 2 N–H and O–H groups in total. The molecule has 1 unspecified atom stereocenters. The van der Waals surface area contributed by atoms with Crippen LogP contribution in [-0.2, 0) is 6.61 Å². The normalized spacial score (nSPS) is 12.6. The molecule has 0 bridgehead atoms. The molecule has 0 aliphatic carbocycles. The number of anilines is 1. The van der Waals surface area contributed by atoms with Gasteiger partial charge in [0.25, 0.3) is 0 Å². The van der Waals surface area contributed by atoms with Gasteiger partial charge in [-0.2, -0.15) is 0 Å². The standard InChI is InChI=1S/C9H15N3O2/c1-7(14)5-12(2)9-10-3-8(6-13)4-11-9/h3-4,7,13-14H,5-6H2,1-2H3. The lowest BCUT2D eigenvalue weighted by molar-refractivity contribution is 0.201. The number of aromatic nitrogens is 2. The summed E-state index contributed by atoms with van der Waals surface area (Å²) in [5, 5.41) is 17.9. The van der Waals surface area contributed by atoms with Gasteiger partial charge in [-0.1, -0.05) is 0 Å². The van der Waals surface area contributed by atoms with Crippen LogP contribution in [0.3, 0.4) is 0 Å². The second-order valence-electron chi connectivity index (χ2n) is 3.28. The fourth-order valence-corrected chi connectivity index (χ4v) is 1.10. The Morgan fingerprint density at radius 3 is 2.43 bits per heavy atom. The van der Waals surface area contributed by atoms with Crippen molar-refractivity contribution in [3.63, 3.8) is 0 Å². The third-order valence-corrected chi connectivity index (χ3v) is 1.75. The minimum Gasteiger partial charge on any atom is -0.392 e. The van der Waals surface area contributed by atoms with Gasteiger partial charge in [0.05, 0.1) is 12.7 Å². The molecule has 0 saturated carbocycles. The molecule has 5 nitrogen and oxygen atoms in total. The number of rotatable bonds is 4. The van der Waals surface area contributed by atoms with Crippen molar-refractivity contribution >= 4 is 5.95 Å². The predicted molar refractivity (Wildman–Crippen MR) is 52.9 cm³/mol. The van der Waals surface area contributed by atoms with Gasteiger partial charge in [-0.25, -0.2) is 9.97 Å². The first-order valence-electron chi connectivity index (χ1n) is 4.44. The maximum Gasteiger partial charge on any atom is 0.225 e. The van der Waals surface area contributed by atoms with Crippen molar-refractivity contribution < 1.29 is 10.2 Å². The smallest absolute Gasteiger partial charge is 0.225 e. The van der Waals surface area contributed by atoms with E-state index in [0.717, 1.165) is 0 Å². The lowest BCUT2D eigenvalue weighted by Gasteiger charge is -2.18. The van der Waals surface area contributed by atoms with Crippen LogP contribution in [0.25, 0.3) is 0 Å². The molecule has 0 saturated heterocycles. The molecule has 0 spiro atoms. The number of aliphatic hydroxyl groups excluding tert-OH is 2. The molecule has 0 aromatic carbocycles. The Morgan fingerprint density at radius 2 is 2.00 bits per heavy atom. The molecule has 0 radical (unpaired) electrons. The van der Waals surface area contributed by atoms with Crippen molar-refractivity contribution in [1.82, 2.24) is 9.97 Å². The molecule has 0 fully saturated rings. The molecule has 1 heterocycles. The van der Waals surface area contributed by atoms with Crippen molar-refractivity contribution in [3.8, 4) is 0 Å². The molecule has 78 valence electrons. The Kier molecular flexibility index (Phi) is 3.79. The summed E-state index contributed by atoms with van der Waals surface area (Å²) in [4.78, 5) is 9.85. The van der Waals surface area contributed by atoms with E-state index in [2.05, 4.69) is 9.97 Å². The maximum absolute atomic E-state index is 9.15. The molecule has 1 atom stereocenters. The van der Waals surface area contributed by atoms with Crippen molar-refractivity contribution in [2.45, 2.75) is 19.6 Å². The molecule has 0 amide bonds. The van der Waals surface area contributed by atoms with Gasteiger partial charge in [0.15, 0.2) is 0 Å². The van der Waals surface area contributed by atoms with Gasteiger partial charge in [0.2, 0.25) is 5.95 Å². The van der Waals surface area contributed by atoms with E-state index in [1.165, 1.54) is 0 Å². The first-order valence-corrected chi connectivity index (χ1v) is 4.44. The van der Waals surface area contributed by atoms with E-state index >= 15 is 0 Å². The monoisotopic (exact) mass is 197 g/mol. The average molecular weight is 197 g/mol. The highest BCUT2D eigenvalue weighted by Crippen LogP contribution is 2.05. The van der Waals surface area contributed by atoms with Crippen molar-refractivity contribution in [2.75, 3.05) is 18.5 Å². The molecule has 0 aliphatic heterocycles. The van der Waals surface area contributed by atoms with E-state index in [9.17, 15) is 0 Å². The summed E-state index contributed by atoms with van der Waals surface area (Å²) >= 11 is 0. The van der Waals surface area contributed by atoms with Crippen LogP contribution in [0.5, 0.6) is 0 Å². The summed E-state index contributed by atoms with van der Waals surface area (Å²) < 4.78 is 0. The Bertz CT molecular complexity index is 274. The summed E-state index contributed by atoms with van der Waals surface area (Å²) in [5.74, 6) is 0.545. The average Bonchev–Trinajstić information content (AvgIpc) is 2.17. The highest BCUT2D eigenvalue weighted by molar-refractivity contribution is 5.28. The van der Waals surface area contributed by atoms with Crippen LogP contribution < -0.4 is 4.90 Å². The van der Waals surface area contributed by atoms with Gasteiger partial charge in [-0.05, 0) is 6.92 Å². The molecular formula is C9H15N3O2. The summed E-state index contributed by atoms with van der Waals surface area (Å²) in [5.41, 5.74) is 0.680. The fraction of sp³-hybridized carbons (Fsp3) is 0.556. The third-order valence-electron chi connectivity index (χ3n) is 1.75. The van der Waals surface area contributed by atoms with Crippen molar-refractivity contribution in [2.24, 2.45) is 0 Å². The Labute approximate surface area is 83.0 Å². The number of hydrogen-bond donors (Lipinski definition) is 2. The van der Waals surface area contributed by atoms with Gasteiger partial charge in [-0.15, -0.1) is 0 Å². The molecule has 1 rings (SSSR count). The molecule has 14 heavy (non-hydrogen) atoms. The predicted octanol–water partition coefficient (Wildman–Crippen LogP) is -0.214. The third kappa shape index (κ3) is 2.93. The zero-order valence-electron chi connectivity index (χ0n) is 8.38. The molecule has 0 aliphatic rings. The van der Waals surface area contributed by atoms with Crippen LogP contribution in [0, 0.1) is 0 Å². The van der Waals surface area contributed by atoms with Gasteiger partial charge in [0.1, 0.15) is 0 Å². The van der Waals surface area contributed by atoms with E-state index in [1.54, 1.807) is 31.3 Å². The van der Waals surface area contributed by atoms with Crippen LogP contribution in [-0.4, -0.2) is 39.9 Å². The van der Waals surface area contributed by atoms with Crippen LogP contribution in [0.1, 0.15) is 12.5 Å². The first kappa shape index (κ1) is 10.9. The van der Waals surface area contributed by atoms with E-state index in [-0.39, 0.29) is 6.61 Å². The van der Waals surface area contributed by atoms with Crippen LogP contribution in [0.4, 0.5) is 5.95 Å². The van der Waals surface area contributed by atoms with Crippen molar-refractivity contribution in [1.29, 1.82) is 0 Å². The zero-order chi connectivity index (χ0) is 10.6. The highest BCUT2D eigenvalue weighted by Gasteiger charge is 2.06. The van der Waals surface area contributed by atoms with E-state index in [4.69, 9.17) is 10.2 Å². The van der Waals surface area contributed by atoms with E-state index in [0.29, 0.717) is 18.1 Å². The quantitative estimate of drug-likeness (QED) is 0.698. The fourth-order valence-electron chi connectivity index (χ4n) is 1.10. The summed E-state index contributed by atoms with van der Waals surface area (Å²) in [7, 11) is 1.81. The maximum atomic E-state index is 9.15. The SMILES string of the molecule is CC(O)CN(C)c1ncc(CO)cn1. The summed E-state index contributed by atoms with van der Waals surface area (Å²) in [6.07, 6.45) is 2.72. The minimum atomic E-state index is -0.416. The van der Waals surface area contributed by atoms with Gasteiger partial charge in [0, 0.05) is 31.5 Å². The topological polar surface area (TPSA) is 69.5 Å². The minimum absolute atomic E-state index is 0.0552. The van der Waals surface area contributed by atoms with E-state index < -0.39 is 6.10 Å². The van der Waals surface area contributed by atoms with Crippen LogP contribution in [0.15, 0.2) is 12.4 Å². The highest BCUT2D eigenvalue weighted by atomic mass is 16.3. The molecular weight excluding hydrogens is 182 g/mol. The first-order chi connectivity index (χ1) is 6.63. The molecule has 5 heteroatoms. The molecule has 1 aromatic heterocycles. The van der Waals surface area contributed by atoms with Crippen LogP contribution >= 0.6 is 0 Å². The number of nitrogens with zero attached hydrogens (tertiary/aromatic N) is 3. The Hall–Kier alpha value is -1.20. The Morgan fingerprint density at radius 1 is 1.43 bits per heavy atom. The van der Waals surface area contributed by atoms with Crippen LogP contribution in [0.2, 0.25) is 0 Å². The summed E-state index contributed by atoms with van der Waals surface area (Å²) in [6.45, 7) is 2.14. The number of hydrogen-bond acceptors (Lipinski definition) is 5. The second kappa shape index (κ2) is 4.88. The largest absolute Gasteiger partial charge is 0.392 e. The second-order valence-corrected chi connectivity index (χ2v) is 3.28. The van der Waals surface area contributed by atoms with Gasteiger partial charge < -0.3 is 15.1 Å². The Balaban J connectivity index is 2.66.